The van der Waals surface area contributed by atoms with E-state index in [0.717, 1.165) is 21.6 Å². The molecular weight excluding hydrogens is 326 g/mol. The molecule has 6 nitrogen and oxygen atoms in total. The number of fused-ring (bicyclic) bond motifs is 1. The maximum Gasteiger partial charge on any atom is 0.348 e. The fourth-order valence-electron chi connectivity index (χ4n) is 2.34. The van der Waals surface area contributed by atoms with E-state index in [1.807, 2.05) is 48.9 Å². The number of thiophene rings is 1. The molecule has 0 bridgehead atoms. The summed E-state index contributed by atoms with van der Waals surface area (Å²) in [6.07, 6.45) is 0. The number of carbonyl (C=O) groups is 2. The van der Waals surface area contributed by atoms with E-state index >= 15 is 0 Å². The number of amides is 1. The number of rotatable bonds is 5. The highest BCUT2D eigenvalue weighted by atomic mass is 32.1. The summed E-state index contributed by atoms with van der Waals surface area (Å²) in [5.41, 5.74) is 1.77. The quantitative estimate of drug-likeness (QED) is 0.723. The van der Waals surface area contributed by atoms with Gasteiger partial charge in [-0.2, -0.15) is 5.10 Å². The first-order valence-electron chi connectivity index (χ1n) is 7.58. The van der Waals surface area contributed by atoms with Crippen LogP contribution < -0.4 is 5.32 Å². The van der Waals surface area contributed by atoms with Crippen molar-refractivity contribution < 1.29 is 14.3 Å². The molecule has 1 amide bonds. The van der Waals surface area contributed by atoms with Crippen molar-refractivity contribution in [2.45, 2.75) is 13.8 Å². The summed E-state index contributed by atoms with van der Waals surface area (Å²) in [6, 6.07) is 11.5. The molecule has 24 heavy (non-hydrogen) atoms. The summed E-state index contributed by atoms with van der Waals surface area (Å²) < 4.78 is 6.87. The molecule has 0 saturated carbocycles. The maximum absolute atomic E-state index is 12.2. The van der Waals surface area contributed by atoms with Gasteiger partial charge < -0.3 is 10.1 Å². The highest BCUT2D eigenvalue weighted by molar-refractivity contribution is 7.20. The summed E-state index contributed by atoms with van der Waals surface area (Å²) >= 11 is 1.31. The number of hydrogen-bond donors (Lipinski definition) is 1. The normalized spacial score (nSPS) is 10.8. The van der Waals surface area contributed by atoms with Crippen molar-refractivity contribution in [3.63, 3.8) is 0 Å². The lowest BCUT2D eigenvalue weighted by Crippen LogP contribution is -2.28. The third-order valence-electron chi connectivity index (χ3n) is 3.45. The Morgan fingerprint density at radius 3 is 2.75 bits per heavy atom. The predicted octanol–water partition coefficient (Wildman–Crippen LogP) is 2.69. The lowest BCUT2D eigenvalue weighted by Gasteiger charge is -2.03. The van der Waals surface area contributed by atoms with E-state index < -0.39 is 5.97 Å². The smallest absolute Gasteiger partial charge is 0.348 e. The molecule has 0 spiro atoms. The zero-order chi connectivity index (χ0) is 17.1. The summed E-state index contributed by atoms with van der Waals surface area (Å²) in [6.45, 7) is 3.94. The Bertz CT molecular complexity index is 883. The maximum atomic E-state index is 12.2. The average Bonchev–Trinajstić information content (AvgIpc) is 3.15. The molecule has 0 radical (unpaired) electrons. The number of benzene rings is 1. The van der Waals surface area contributed by atoms with E-state index in [1.54, 1.807) is 6.07 Å². The Balaban J connectivity index is 1.86. The summed E-state index contributed by atoms with van der Waals surface area (Å²) in [7, 11) is 0. The fourth-order valence-corrected chi connectivity index (χ4v) is 3.42. The number of aromatic nitrogens is 2. The monoisotopic (exact) mass is 343 g/mol. The van der Waals surface area contributed by atoms with Gasteiger partial charge in [-0.25, -0.2) is 9.48 Å². The van der Waals surface area contributed by atoms with E-state index in [9.17, 15) is 9.59 Å². The summed E-state index contributed by atoms with van der Waals surface area (Å²) in [4.78, 5) is 24.9. The van der Waals surface area contributed by atoms with Crippen molar-refractivity contribution in [3.8, 4) is 5.69 Å². The lowest BCUT2D eigenvalue weighted by atomic mass is 10.3. The largest absolute Gasteiger partial charge is 0.451 e. The van der Waals surface area contributed by atoms with Gasteiger partial charge in [0, 0.05) is 11.9 Å². The molecule has 1 N–H and O–H groups in total. The first-order chi connectivity index (χ1) is 11.6. The Morgan fingerprint density at radius 1 is 1.29 bits per heavy atom. The second-order valence-corrected chi connectivity index (χ2v) is 6.22. The van der Waals surface area contributed by atoms with Gasteiger partial charge in [0.2, 0.25) is 0 Å². The number of aryl methyl sites for hydroxylation is 1. The van der Waals surface area contributed by atoms with E-state index in [0.29, 0.717) is 11.4 Å². The first kappa shape index (κ1) is 16.2. The van der Waals surface area contributed by atoms with Crippen LogP contribution in [0.1, 0.15) is 22.3 Å². The molecule has 0 fully saturated rings. The van der Waals surface area contributed by atoms with Gasteiger partial charge in [0.15, 0.2) is 6.61 Å². The van der Waals surface area contributed by atoms with Crippen LogP contribution in [0.5, 0.6) is 0 Å². The molecule has 7 heteroatoms. The van der Waals surface area contributed by atoms with E-state index in [-0.39, 0.29) is 12.5 Å². The molecule has 0 atom stereocenters. The van der Waals surface area contributed by atoms with Crippen LogP contribution in [-0.2, 0) is 9.53 Å². The number of carbonyl (C=O) groups excluding carboxylic acids is 2. The van der Waals surface area contributed by atoms with Gasteiger partial charge in [0.25, 0.3) is 5.91 Å². The number of nitrogens with zero attached hydrogens (tertiary/aromatic N) is 2. The molecule has 2 heterocycles. The van der Waals surface area contributed by atoms with Crippen LogP contribution in [-0.4, -0.2) is 34.8 Å². The zero-order valence-electron chi connectivity index (χ0n) is 13.4. The van der Waals surface area contributed by atoms with Crippen molar-refractivity contribution in [3.05, 3.63) is 47.0 Å². The van der Waals surface area contributed by atoms with Gasteiger partial charge in [-0.1, -0.05) is 18.2 Å². The minimum Gasteiger partial charge on any atom is -0.451 e. The predicted molar refractivity (Wildman–Crippen MR) is 92.7 cm³/mol. The third kappa shape index (κ3) is 3.16. The average molecular weight is 343 g/mol. The summed E-state index contributed by atoms with van der Waals surface area (Å²) in [5, 5.41) is 8.03. The topological polar surface area (TPSA) is 73.2 Å². The molecule has 0 aliphatic rings. The molecule has 0 unspecified atom stereocenters. The van der Waals surface area contributed by atoms with Crippen molar-refractivity contribution in [2.75, 3.05) is 13.2 Å². The van der Waals surface area contributed by atoms with Crippen LogP contribution in [0.2, 0.25) is 0 Å². The highest BCUT2D eigenvalue weighted by Gasteiger charge is 2.18. The minimum atomic E-state index is -0.499. The van der Waals surface area contributed by atoms with Crippen LogP contribution in [0.4, 0.5) is 0 Å². The number of likely N-dealkylation sites (N-methyl/N-ethyl adjacent to an activating group) is 1. The van der Waals surface area contributed by atoms with Crippen molar-refractivity contribution >= 4 is 33.4 Å². The Kier molecular flexibility index (Phi) is 4.61. The standard InChI is InChI=1S/C17H17N3O3S/c1-3-18-15(21)10-23-17(22)14-9-13-11(2)19-20(16(13)24-14)12-7-5-4-6-8-12/h4-9H,3,10H2,1-2H3,(H,18,21). The molecule has 3 aromatic rings. The molecule has 124 valence electrons. The van der Waals surface area contributed by atoms with Crippen molar-refractivity contribution in [1.29, 1.82) is 0 Å². The first-order valence-corrected chi connectivity index (χ1v) is 8.40. The van der Waals surface area contributed by atoms with Crippen LogP contribution in [0, 0.1) is 6.92 Å². The summed E-state index contributed by atoms with van der Waals surface area (Å²) in [5.74, 6) is -0.805. The van der Waals surface area contributed by atoms with E-state index in [2.05, 4.69) is 10.4 Å². The van der Waals surface area contributed by atoms with Crippen LogP contribution in [0.25, 0.3) is 15.9 Å². The van der Waals surface area contributed by atoms with Gasteiger partial charge in [-0.15, -0.1) is 11.3 Å². The number of esters is 1. The molecule has 1 aromatic carbocycles. The molecule has 2 aromatic heterocycles. The van der Waals surface area contributed by atoms with Gasteiger partial charge in [-0.05, 0) is 32.0 Å². The van der Waals surface area contributed by atoms with E-state index in [1.165, 1.54) is 11.3 Å². The minimum absolute atomic E-state index is 0.273. The third-order valence-corrected chi connectivity index (χ3v) is 4.55. The number of ether oxygens (including phenoxy) is 1. The van der Waals surface area contributed by atoms with Gasteiger partial charge >= 0.3 is 5.97 Å². The molecular formula is C17H17N3O3S. The lowest BCUT2D eigenvalue weighted by molar-refractivity contribution is -0.124. The Labute approximate surface area is 143 Å². The number of hydrogen-bond acceptors (Lipinski definition) is 5. The highest BCUT2D eigenvalue weighted by Crippen LogP contribution is 2.30. The van der Waals surface area contributed by atoms with Gasteiger partial charge in [0.1, 0.15) is 9.71 Å². The SMILES string of the molecule is CCNC(=O)COC(=O)c1cc2c(C)nn(-c3ccccc3)c2s1. The second kappa shape index (κ2) is 6.84. The van der Waals surface area contributed by atoms with Crippen molar-refractivity contribution in [2.24, 2.45) is 0 Å². The van der Waals surface area contributed by atoms with Gasteiger partial charge in [-0.3, -0.25) is 4.79 Å². The second-order valence-electron chi connectivity index (χ2n) is 5.19. The van der Waals surface area contributed by atoms with Crippen LogP contribution in [0.3, 0.4) is 0 Å². The molecule has 0 aliphatic heterocycles. The van der Waals surface area contributed by atoms with Crippen molar-refractivity contribution in [1.82, 2.24) is 15.1 Å². The number of para-hydroxylation sites is 1. The van der Waals surface area contributed by atoms with Crippen LogP contribution in [0.15, 0.2) is 36.4 Å². The van der Waals surface area contributed by atoms with Gasteiger partial charge in [0.05, 0.1) is 11.4 Å². The molecule has 3 rings (SSSR count). The molecule has 0 aliphatic carbocycles. The zero-order valence-corrected chi connectivity index (χ0v) is 14.2. The Hall–Kier alpha value is -2.67. The Morgan fingerprint density at radius 2 is 2.04 bits per heavy atom. The number of nitrogens with one attached hydrogen (secondary N) is 1. The van der Waals surface area contributed by atoms with E-state index in [4.69, 9.17) is 4.74 Å². The van der Waals surface area contributed by atoms with Crippen LogP contribution >= 0.6 is 11.3 Å². The fraction of sp³-hybridized carbons (Fsp3) is 0.235. The molecule has 0 saturated heterocycles.